The van der Waals surface area contributed by atoms with Crippen LogP contribution in [0.25, 0.3) is 32.7 Å². The standard InChI is InChI=1S/C20H16N2/c21-15-9-13-5-1-3-7-17(13)19(11-15)20-12-16(22)10-14-6-2-4-8-18(14)20/h1-12H,21-22H2. The first-order valence-corrected chi connectivity index (χ1v) is 7.29. The molecule has 0 bridgehead atoms. The number of hydrogen-bond acceptors (Lipinski definition) is 2. The first-order chi connectivity index (χ1) is 10.7. The van der Waals surface area contributed by atoms with Crippen molar-refractivity contribution >= 4 is 32.9 Å². The highest BCUT2D eigenvalue weighted by Crippen LogP contribution is 2.36. The van der Waals surface area contributed by atoms with E-state index in [4.69, 9.17) is 11.5 Å². The molecule has 0 fully saturated rings. The van der Waals surface area contributed by atoms with Crippen molar-refractivity contribution in [2.75, 3.05) is 11.5 Å². The van der Waals surface area contributed by atoms with Crippen LogP contribution in [0.1, 0.15) is 0 Å². The van der Waals surface area contributed by atoms with Crippen molar-refractivity contribution in [3.8, 4) is 11.1 Å². The molecule has 0 spiro atoms. The van der Waals surface area contributed by atoms with Crippen LogP contribution in [-0.2, 0) is 0 Å². The first-order valence-electron chi connectivity index (χ1n) is 7.29. The molecule has 0 aromatic heterocycles. The molecule has 4 N–H and O–H groups in total. The largest absolute Gasteiger partial charge is 0.399 e. The van der Waals surface area contributed by atoms with Crippen molar-refractivity contribution < 1.29 is 0 Å². The molecule has 0 aliphatic heterocycles. The molecule has 4 rings (SSSR count). The van der Waals surface area contributed by atoms with Crippen LogP contribution in [0, 0.1) is 0 Å². The summed E-state index contributed by atoms with van der Waals surface area (Å²) in [5.41, 5.74) is 16.0. The third kappa shape index (κ3) is 1.97. The molecule has 4 aromatic rings. The number of fused-ring (bicyclic) bond motifs is 2. The van der Waals surface area contributed by atoms with Crippen molar-refractivity contribution in [3.63, 3.8) is 0 Å². The maximum absolute atomic E-state index is 6.11. The Labute approximate surface area is 129 Å². The number of anilines is 2. The number of rotatable bonds is 1. The minimum Gasteiger partial charge on any atom is -0.399 e. The second kappa shape index (κ2) is 4.78. The molecular formula is C20H16N2. The van der Waals surface area contributed by atoms with Crippen LogP contribution in [0.4, 0.5) is 11.4 Å². The van der Waals surface area contributed by atoms with Crippen LogP contribution < -0.4 is 11.5 Å². The van der Waals surface area contributed by atoms with Crippen LogP contribution in [0.2, 0.25) is 0 Å². The molecule has 2 nitrogen and oxygen atoms in total. The maximum Gasteiger partial charge on any atom is 0.0326 e. The van der Waals surface area contributed by atoms with E-state index in [1.54, 1.807) is 0 Å². The monoisotopic (exact) mass is 284 g/mol. The Morgan fingerprint density at radius 1 is 0.500 bits per heavy atom. The maximum atomic E-state index is 6.11. The third-order valence-corrected chi connectivity index (χ3v) is 4.06. The third-order valence-electron chi connectivity index (χ3n) is 4.06. The molecule has 0 aliphatic carbocycles. The van der Waals surface area contributed by atoms with E-state index in [9.17, 15) is 0 Å². The zero-order valence-corrected chi connectivity index (χ0v) is 12.1. The summed E-state index contributed by atoms with van der Waals surface area (Å²) in [5.74, 6) is 0. The van der Waals surface area contributed by atoms with Gasteiger partial charge in [-0.2, -0.15) is 0 Å². The second-order valence-corrected chi connectivity index (χ2v) is 5.58. The average molecular weight is 284 g/mol. The lowest BCUT2D eigenvalue weighted by molar-refractivity contribution is 1.67. The highest BCUT2D eigenvalue weighted by atomic mass is 14.6. The fourth-order valence-electron chi connectivity index (χ4n) is 3.11. The summed E-state index contributed by atoms with van der Waals surface area (Å²) >= 11 is 0. The van der Waals surface area contributed by atoms with Crippen molar-refractivity contribution in [1.82, 2.24) is 0 Å². The van der Waals surface area contributed by atoms with E-state index in [0.29, 0.717) is 0 Å². The summed E-state index contributed by atoms with van der Waals surface area (Å²) in [6.07, 6.45) is 0. The van der Waals surface area contributed by atoms with Gasteiger partial charge in [-0.05, 0) is 56.9 Å². The first kappa shape index (κ1) is 12.7. The summed E-state index contributed by atoms with van der Waals surface area (Å²) in [6.45, 7) is 0. The predicted molar refractivity (Wildman–Crippen MR) is 95.7 cm³/mol. The van der Waals surface area contributed by atoms with Gasteiger partial charge in [0.1, 0.15) is 0 Å². The second-order valence-electron chi connectivity index (χ2n) is 5.58. The highest BCUT2D eigenvalue weighted by Gasteiger charge is 2.09. The van der Waals surface area contributed by atoms with E-state index in [1.807, 2.05) is 36.4 Å². The summed E-state index contributed by atoms with van der Waals surface area (Å²) in [6, 6.07) is 24.7. The highest BCUT2D eigenvalue weighted by molar-refractivity contribution is 6.07. The van der Waals surface area contributed by atoms with E-state index in [2.05, 4.69) is 36.4 Å². The van der Waals surface area contributed by atoms with Crippen LogP contribution >= 0.6 is 0 Å². The van der Waals surface area contributed by atoms with Gasteiger partial charge >= 0.3 is 0 Å². The van der Waals surface area contributed by atoms with Gasteiger partial charge in [0.25, 0.3) is 0 Å². The Balaban J connectivity index is 2.16. The Kier molecular flexibility index (Phi) is 2.76. The Morgan fingerprint density at radius 2 is 0.909 bits per heavy atom. The smallest absolute Gasteiger partial charge is 0.0326 e. The molecule has 106 valence electrons. The normalized spacial score (nSPS) is 11.1. The van der Waals surface area contributed by atoms with Gasteiger partial charge in [0.05, 0.1) is 0 Å². The summed E-state index contributed by atoms with van der Waals surface area (Å²) in [7, 11) is 0. The minimum atomic E-state index is 0.764. The van der Waals surface area contributed by atoms with Crippen LogP contribution in [-0.4, -0.2) is 0 Å². The molecule has 2 heteroatoms. The lowest BCUT2D eigenvalue weighted by atomic mass is 9.93. The number of hydrogen-bond donors (Lipinski definition) is 2. The molecule has 22 heavy (non-hydrogen) atoms. The zero-order chi connectivity index (χ0) is 15.1. The Bertz CT molecular complexity index is 920. The SMILES string of the molecule is Nc1cc(-c2cc(N)cc3ccccc23)c2ccccc2c1. The molecule has 4 aromatic carbocycles. The number of nitrogens with two attached hydrogens (primary N) is 2. The Hall–Kier alpha value is -3.00. The topological polar surface area (TPSA) is 52.0 Å². The van der Waals surface area contributed by atoms with Gasteiger partial charge in [0.2, 0.25) is 0 Å². The van der Waals surface area contributed by atoms with Gasteiger partial charge in [-0.3, -0.25) is 0 Å². The number of benzene rings is 4. The molecule has 0 atom stereocenters. The lowest BCUT2D eigenvalue weighted by Crippen LogP contribution is -1.91. The van der Waals surface area contributed by atoms with Crippen molar-refractivity contribution in [1.29, 1.82) is 0 Å². The van der Waals surface area contributed by atoms with Gasteiger partial charge in [-0.15, -0.1) is 0 Å². The molecule has 0 aliphatic rings. The fraction of sp³-hybridized carbons (Fsp3) is 0. The number of nitrogen functional groups attached to an aromatic ring is 2. The van der Waals surface area contributed by atoms with Crippen LogP contribution in [0.5, 0.6) is 0 Å². The summed E-state index contributed by atoms with van der Waals surface area (Å²) in [4.78, 5) is 0. The van der Waals surface area contributed by atoms with Gasteiger partial charge < -0.3 is 11.5 Å². The molecule has 0 unspecified atom stereocenters. The molecule has 0 heterocycles. The van der Waals surface area contributed by atoms with Gasteiger partial charge in [0, 0.05) is 11.4 Å². The fourth-order valence-corrected chi connectivity index (χ4v) is 3.11. The average Bonchev–Trinajstić information content (AvgIpc) is 2.53. The van der Waals surface area contributed by atoms with Crippen molar-refractivity contribution in [2.24, 2.45) is 0 Å². The van der Waals surface area contributed by atoms with Gasteiger partial charge in [0.15, 0.2) is 0 Å². The van der Waals surface area contributed by atoms with Gasteiger partial charge in [-0.1, -0.05) is 48.5 Å². The lowest BCUT2D eigenvalue weighted by Gasteiger charge is -2.12. The van der Waals surface area contributed by atoms with Crippen LogP contribution in [0.3, 0.4) is 0 Å². The molecule has 0 radical (unpaired) electrons. The molecule has 0 saturated carbocycles. The van der Waals surface area contributed by atoms with E-state index in [1.165, 1.54) is 10.8 Å². The van der Waals surface area contributed by atoms with Gasteiger partial charge in [-0.25, -0.2) is 0 Å². The van der Waals surface area contributed by atoms with Crippen molar-refractivity contribution in [2.45, 2.75) is 0 Å². The summed E-state index contributed by atoms with van der Waals surface area (Å²) < 4.78 is 0. The van der Waals surface area contributed by atoms with Crippen LogP contribution in [0.15, 0.2) is 72.8 Å². The van der Waals surface area contributed by atoms with E-state index >= 15 is 0 Å². The Morgan fingerprint density at radius 3 is 1.36 bits per heavy atom. The van der Waals surface area contributed by atoms with E-state index in [0.717, 1.165) is 33.3 Å². The van der Waals surface area contributed by atoms with E-state index in [-0.39, 0.29) is 0 Å². The zero-order valence-electron chi connectivity index (χ0n) is 12.1. The quantitative estimate of drug-likeness (QED) is 0.492. The van der Waals surface area contributed by atoms with Crippen molar-refractivity contribution in [3.05, 3.63) is 72.8 Å². The minimum absolute atomic E-state index is 0.764. The molecule has 0 saturated heterocycles. The predicted octanol–water partition coefficient (Wildman–Crippen LogP) is 4.82. The van der Waals surface area contributed by atoms with E-state index < -0.39 is 0 Å². The molecular weight excluding hydrogens is 268 g/mol. The molecule has 0 amide bonds. The summed E-state index contributed by atoms with van der Waals surface area (Å²) in [5, 5.41) is 4.66.